The van der Waals surface area contributed by atoms with Gasteiger partial charge >= 0.3 is 5.69 Å². The van der Waals surface area contributed by atoms with E-state index in [1.54, 1.807) is 6.07 Å². The van der Waals surface area contributed by atoms with Gasteiger partial charge in [0.05, 0.1) is 17.6 Å². The molecule has 160 valence electrons. The van der Waals surface area contributed by atoms with Crippen LogP contribution in [-0.2, 0) is 13.2 Å². The van der Waals surface area contributed by atoms with Crippen LogP contribution in [0, 0.1) is 6.92 Å². The van der Waals surface area contributed by atoms with Crippen molar-refractivity contribution in [2.75, 3.05) is 11.9 Å². The third kappa shape index (κ3) is 5.03. The van der Waals surface area contributed by atoms with E-state index in [0.717, 1.165) is 27.8 Å². The molecule has 0 radical (unpaired) electrons. The summed E-state index contributed by atoms with van der Waals surface area (Å²) in [5.41, 5.74) is 5.33. The summed E-state index contributed by atoms with van der Waals surface area (Å²) in [6.45, 7) is 5.44. The van der Waals surface area contributed by atoms with E-state index in [-0.39, 0.29) is 5.69 Å². The summed E-state index contributed by atoms with van der Waals surface area (Å²) in [7, 11) is 0. The summed E-state index contributed by atoms with van der Waals surface area (Å²) < 4.78 is 11.8. The minimum atomic E-state index is -0.224. The second-order valence-corrected chi connectivity index (χ2v) is 7.70. The number of hydrogen-bond acceptors (Lipinski definition) is 4. The van der Waals surface area contributed by atoms with Gasteiger partial charge in [0.1, 0.15) is 6.61 Å². The molecule has 7 heteroatoms. The molecule has 3 N–H and O–H groups in total. The molecule has 0 bridgehead atoms. The first kappa shape index (κ1) is 20.9. The molecule has 3 aromatic carbocycles. The zero-order chi connectivity index (χ0) is 21.8. The molecule has 31 heavy (non-hydrogen) atoms. The minimum Gasteiger partial charge on any atom is -0.490 e. The molecule has 1 aromatic heterocycles. The highest BCUT2D eigenvalue weighted by Crippen LogP contribution is 2.34. The van der Waals surface area contributed by atoms with Crippen molar-refractivity contribution in [3.63, 3.8) is 0 Å². The van der Waals surface area contributed by atoms with Gasteiger partial charge in [-0.25, -0.2) is 4.79 Å². The number of imidazole rings is 1. The lowest BCUT2D eigenvalue weighted by Crippen LogP contribution is -2.04. The SMILES string of the molecule is CCOc1cc(CNc2ccc3[nH]c(=O)[nH]c3c2)c(Cl)cc1OCc1ccc(C)cc1. The predicted octanol–water partition coefficient (Wildman–Crippen LogP) is 5.41. The Morgan fingerprint density at radius 2 is 1.68 bits per heavy atom. The van der Waals surface area contributed by atoms with Crippen molar-refractivity contribution in [2.45, 2.75) is 27.0 Å². The van der Waals surface area contributed by atoms with Gasteiger partial charge in [0.25, 0.3) is 0 Å². The van der Waals surface area contributed by atoms with E-state index in [1.807, 2.05) is 43.3 Å². The summed E-state index contributed by atoms with van der Waals surface area (Å²) >= 11 is 6.54. The van der Waals surface area contributed by atoms with E-state index in [4.69, 9.17) is 21.1 Å². The summed E-state index contributed by atoms with van der Waals surface area (Å²) in [5, 5.41) is 3.93. The molecule has 4 rings (SSSR count). The fraction of sp³-hybridized carbons (Fsp3) is 0.208. The lowest BCUT2D eigenvalue weighted by Gasteiger charge is -2.16. The van der Waals surface area contributed by atoms with E-state index in [1.165, 1.54) is 5.56 Å². The number of benzene rings is 3. The Morgan fingerprint density at radius 1 is 0.935 bits per heavy atom. The number of anilines is 1. The monoisotopic (exact) mass is 437 g/mol. The van der Waals surface area contributed by atoms with Crippen molar-refractivity contribution in [3.05, 3.63) is 86.8 Å². The summed E-state index contributed by atoms with van der Waals surface area (Å²) in [5.74, 6) is 1.27. The Labute approximate surface area is 185 Å². The predicted molar refractivity (Wildman–Crippen MR) is 124 cm³/mol. The highest BCUT2D eigenvalue weighted by Gasteiger charge is 2.12. The molecule has 0 spiro atoms. The molecule has 6 nitrogen and oxygen atoms in total. The second kappa shape index (κ2) is 9.18. The number of aromatic nitrogens is 2. The van der Waals surface area contributed by atoms with Gasteiger partial charge in [0.2, 0.25) is 0 Å². The van der Waals surface area contributed by atoms with Crippen molar-refractivity contribution in [1.82, 2.24) is 9.97 Å². The first-order valence-corrected chi connectivity index (χ1v) is 10.5. The van der Waals surface area contributed by atoms with Gasteiger partial charge < -0.3 is 24.8 Å². The zero-order valence-electron chi connectivity index (χ0n) is 17.4. The van der Waals surface area contributed by atoms with E-state index in [2.05, 4.69) is 34.3 Å². The van der Waals surface area contributed by atoms with E-state index in [9.17, 15) is 4.79 Å². The van der Waals surface area contributed by atoms with Crippen LogP contribution in [0.4, 0.5) is 5.69 Å². The molecule has 0 aliphatic rings. The molecule has 0 fully saturated rings. The molecule has 0 unspecified atom stereocenters. The summed E-state index contributed by atoms with van der Waals surface area (Å²) in [6.07, 6.45) is 0. The number of rotatable bonds is 8. The van der Waals surface area contributed by atoms with Gasteiger partial charge in [-0.2, -0.15) is 0 Å². The lowest BCUT2D eigenvalue weighted by molar-refractivity contribution is 0.269. The molecule has 0 aliphatic heterocycles. The minimum absolute atomic E-state index is 0.224. The second-order valence-electron chi connectivity index (χ2n) is 7.29. The Morgan fingerprint density at radius 3 is 2.45 bits per heavy atom. The van der Waals surface area contributed by atoms with Crippen molar-refractivity contribution >= 4 is 28.3 Å². The van der Waals surface area contributed by atoms with Gasteiger partial charge in [0.15, 0.2) is 11.5 Å². The Bertz CT molecular complexity index is 1250. The molecular weight excluding hydrogens is 414 g/mol. The first-order chi connectivity index (χ1) is 15.0. The molecule has 0 aliphatic carbocycles. The maximum atomic E-state index is 11.4. The quantitative estimate of drug-likeness (QED) is 0.344. The highest BCUT2D eigenvalue weighted by molar-refractivity contribution is 6.31. The molecule has 0 atom stereocenters. The number of halogens is 1. The van der Waals surface area contributed by atoms with Crippen molar-refractivity contribution < 1.29 is 9.47 Å². The number of fused-ring (bicyclic) bond motifs is 1. The molecule has 0 saturated carbocycles. The maximum Gasteiger partial charge on any atom is 0.323 e. The standard InChI is InChI=1S/C24H24ClN3O3/c1-3-30-22-10-17(13-26-18-8-9-20-21(11-18)28-24(29)27-20)19(25)12-23(22)31-14-16-6-4-15(2)5-7-16/h4-12,26H,3,13-14H2,1-2H3,(H2,27,28,29). The van der Waals surface area contributed by atoms with Crippen LogP contribution in [0.25, 0.3) is 11.0 Å². The van der Waals surface area contributed by atoms with Gasteiger partial charge in [-0.1, -0.05) is 41.4 Å². The molecule has 4 aromatic rings. The van der Waals surface area contributed by atoms with Crippen molar-refractivity contribution in [1.29, 1.82) is 0 Å². The number of aromatic amines is 2. The van der Waals surface area contributed by atoms with E-state index < -0.39 is 0 Å². The first-order valence-electron chi connectivity index (χ1n) is 10.1. The average molecular weight is 438 g/mol. The zero-order valence-corrected chi connectivity index (χ0v) is 18.2. The molecule has 0 amide bonds. The van der Waals surface area contributed by atoms with Gasteiger partial charge in [-0.15, -0.1) is 0 Å². The van der Waals surface area contributed by atoms with Gasteiger partial charge in [0, 0.05) is 23.3 Å². The smallest absolute Gasteiger partial charge is 0.323 e. The molecule has 1 heterocycles. The fourth-order valence-electron chi connectivity index (χ4n) is 3.28. The maximum absolute atomic E-state index is 11.4. The van der Waals surface area contributed by atoms with Crippen molar-refractivity contribution in [2.24, 2.45) is 0 Å². The van der Waals surface area contributed by atoms with E-state index >= 15 is 0 Å². The summed E-state index contributed by atoms with van der Waals surface area (Å²) in [4.78, 5) is 16.9. The number of ether oxygens (including phenoxy) is 2. The van der Waals surface area contributed by atoms with Crippen LogP contribution in [0.3, 0.4) is 0 Å². The average Bonchev–Trinajstić information content (AvgIpc) is 3.13. The Kier molecular flexibility index (Phi) is 6.18. The van der Waals surface area contributed by atoms with Gasteiger partial charge in [-0.05, 0) is 49.2 Å². The third-order valence-corrected chi connectivity index (χ3v) is 5.28. The number of aryl methyl sites for hydroxylation is 1. The normalized spacial score (nSPS) is 10.9. The fourth-order valence-corrected chi connectivity index (χ4v) is 3.50. The van der Waals surface area contributed by atoms with Crippen LogP contribution in [-0.4, -0.2) is 16.6 Å². The van der Waals surface area contributed by atoms with Crippen LogP contribution in [0.5, 0.6) is 11.5 Å². The van der Waals surface area contributed by atoms with Crippen LogP contribution in [0.1, 0.15) is 23.6 Å². The van der Waals surface area contributed by atoms with Crippen LogP contribution in [0.15, 0.2) is 59.4 Å². The topological polar surface area (TPSA) is 79.1 Å². The van der Waals surface area contributed by atoms with Gasteiger partial charge in [-0.3, -0.25) is 0 Å². The molecular formula is C24H24ClN3O3. The van der Waals surface area contributed by atoms with Crippen LogP contribution < -0.4 is 20.5 Å². The number of H-pyrrole nitrogens is 2. The number of nitrogens with one attached hydrogen (secondary N) is 3. The Balaban J connectivity index is 1.49. The highest BCUT2D eigenvalue weighted by atomic mass is 35.5. The van der Waals surface area contributed by atoms with E-state index in [0.29, 0.717) is 36.3 Å². The number of hydrogen-bond donors (Lipinski definition) is 3. The Hall–Kier alpha value is -3.38. The third-order valence-electron chi connectivity index (χ3n) is 4.93. The van der Waals surface area contributed by atoms with Crippen LogP contribution >= 0.6 is 11.6 Å². The lowest BCUT2D eigenvalue weighted by atomic mass is 10.1. The largest absolute Gasteiger partial charge is 0.490 e. The van der Waals surface area contributed by atoms with Crippen LogP contribution in [0.2, 0.25) is 5.02 Å². The van der Waals surface area contributed by atoms with Crippen molar-refractivity contribution in [3.8, 4) is 11.5 Å². The summed E-state index contributed by atoms with van der Waals surface area (Å²) in [6, 6.07) is 17.5. The molecule has 0 saturated heterocycles.